The third-order valence-electron chi connectivity index (χ3n) is 5.70. The third kappa shape index (κ3) is 7.24. The number of anilines is 1. The summed E-state index contributed by atoms with van der Waals surface area (Å²) in [5.74, 6) is 1.90. The lowest BCUT2D eigenvalue weighted by Gasteiger charge is -2.30. The number of hydrogen-bond acceptors (Lipinski definition) is 5. The summed E-state index contributed by atoms with van der Waals surface area (Å²) in [6.45, 7) is 5.74. The molecule has 0 aliphatic rings. The van der Waals surface area contributed by atoms with Gasteiger partial charge < -0.3 is 14.8 Å². The Balaban J connectivity index is 1.81. The molecule has 3 rings (SSSR count). The fourth-order valence-electron chi connectivity index (χ4n) is 3.97. The van der Waals surface area contributed by atoms with Crippen molar-refractivity contribution in [1.29, 1.82) is 0 Å². The number of para-hydroxylation sites is 1. The van der Waals surface area contributed by atoms with Crippen molar-refractivity contribution in [2.24, 2.45) is 5.92 Å². The zero-order chi connectivity index (χ0) is 26.3. The van der Waals surface area contributed by atoms with Crippen LogP contribution < -0.4 is 19.1 Å². The van der Waals surface area contributed by atoms with Crippen LogP contribution in [0, 0.1) is 5.92 Å². The summed E-state index contributed by atoms with van der Waals surface area (Å²) in [7, 11) is -2.15. The average Bonchev–Trinajstić information content (AvgIpc) is 2.84. The summed E-state index contributed by atoms with van der Waals surface area (Å²) in [4.78, 5) is 13.3. The molecule has 0 spiro atoms. The molecule has 0 aromatic heterocycles. The number of rotatable bonds is 11. The van der Waals surface area contributed by atoms with E-state index in [4.69, 9.17) is 9.47 Å². The molecule has 1 N–H and O–H groups in total. The molecule has 2 unspecified atom stereocenters. The molecular weight excluding hydrogens is 476 g/mol. The fraction of sp³-hybridized carbons (Fsp3) is 0.321. The molecule has 0 heterocycles. The van der Waals surface area contributed by atoms with E-state index in [0.717, 1.165) is 21.9 Å². The Morgan fingerprint density at radius 3 is 1.94 bits per heavy atom. The molecule has 0 fully saturated rings. The predicted molar refractivity (Wildman–Crippen MR) is 143 cm³/mol. The van der Waals surface area contributed by atoms with Gasteiger partial charge in [-0.05, 0) is 73.4 Å². The first kappa shape index (κ1) is 27.1. The molecule has 0 saturated carbocycles. The largest absolute Gasteiger partial charge is 0.497 e. The smallest absolute Gasteiger partial charge is 0.244 e. The van der Waals surface area contributed by atoms with E-state index in [0.29, 0.717) is 29.5 Å². The van der Waals surface area contributed by atoms with Gasteiger partial charge >= 0.3 is 0 Å². The van der Waals surface area contributed by atoms with Crippen LogP contribution in [0.5, 0.6) is 17.2 Å². The van der Waals surface area contributed by atoms with Crippen molar-refractivity contribution in [3.63, 3.8) is 0 Å². The number of methoxy groups -OCH3 is 1. The third-order valence-corrected chi connectivity index (χ3v) is 6.94. The molecule has 36 heavy (non-hydrogen) atoms. The van der Waals surface area contributed by atoms with E-state index in [1.165, 1.54) is 0 Å². The van der Waals surface area contributed by atoms with Gasteiger partial charge in [-0.1, -0.05) is 44.2 Å². The number of nitrogens with one attached hydrogen (secondary N) is 1. The first-order valence-electron chi connectivity index (χ1n) is 11.8. The molecule has 3 aromatic rings. The molecule has 7 nitrogen and oxygen atoms in total. The van der Waals surface area contributed by atoms with Crippen LogP contribution in [0.4, 0.5) is 5.69 Å². The summed E-state index contributed by atoms with van der Waals surface area (Å²) in [5, 5.41) is 3.06. The second-order valence-corrected chi connectivity index (χ2v) is 11.0. The van der Waals surface area contributed by atoms with Crippen molar-refractivity contribution in [2.75, 3.05) is 17.7 Å². The quantitative estimate of drug-likeness (QED) is 0.366. The first-order chi connectivity index (χ1) is 17.1. The van der Waals surface area contributed by atoms with Crippen molar-refractivity contribution in [2.45, 2.75) is 39.3 Å². The zero-order valence-electron chi connectivity index (χ0n) is 21.3. The van der Waals surface area contributed by atoms with E-state index < -0.39 is 16.1 Å². The highest BCUT2D eigenvalue weighted by molar-refractivity contribution is 7.92. The lowest BCUT2D eigenvalue weighted by Crippen LogP contribution is -2.48. The number of amides is 1. The van der Waals surface area contributed by atoms with Crippen LogP contribution in [0.2, 0.25) is 0 Å². The molecule has 2 atom stereocenters. The molecule has 1 amide bonds. The van der Waals surface area contributed by atoms with E-state index in [-0.39, 0.29) is 11.9 Å². The number of sulfonamides is 1. The monoisotopic (exact) mass is 510 g/mol. The maximum absolute atomic E-state index is 13.3. The number of carbonyl (C=O) groups is 1. The molecule has 0 aliphatic carbocycles. The highest BCUT2D eigenvalue weighted by Gasteiger charge is 2.30. The van der Waals surface area contributed by atoms with Crippen LogP contribution in [0.3, 0.4) is 0 Å². The Bertz CT molecular complexity index is 1230. The van der Waals surface area contributed by atoms with Gasteiger partial charge in [-0.3, -0.25) is 9.10 Å². The Morgan fingerprint density at radius 2 is 1.42 bits per heavy atom. The van der Waals surface area contributed by atoms with E-state index in [1.807, 2.05) is 54.6 Å². The summed E-state index contributed by atoms with van der Waals surface area (Å²) in [5.41, 5.74) is 1.31. The Kier molecular flexibility index (Phi) is 8.98. The highest BCUT2D eigenvalue weighted by atomic mass is 32.2. The number of nitrogens with zero attached hydrogens (tertiary/aromatic N) is 1. The molecule has 0 aliphatic heterocycles. The maximum Gasteiger partial charge on any atom is 0.244 e. The zero-order valence-corrected chi connectivity index (χ0v) is 22.2. The van der Waals surface area contributed by atoms with Crippen LogP contribution in [0.1, 0.15) is 38.8 Å². The van der Waals surface area contributed by atoms with Gasteiger partial charge in [-0.15, -0.1) is 0 Å². The Labute approximate surface area is 214 Å². The minimum Gasteiger partial charge on any atom is -0.497 e. The summed E-state index contributed by atoms with van der Waals surface area (Å²) in [6.07, 6.45) is 1.80. The van der Waals surface area contributed by atoms with Crippen molar-refractivity contribution >= 4 is 21.6 Å². The first-order valence-corrected chi connectivity index (χ1v) is 13.7. The van der Waals surface area contributed by atoms with Crippen LogP contribution in [0.25, 0.3) is 0 Å². The van der Waals surface area contributed by atoms with E-state index in [2.05, 4.69) is 19.2 Å². The normalized spacial score (nSPS) is 13.1. The van der Waals surface area contributed by atoms with Gasteiger partial charge in [-0.2, -0.15) is 0 Å². The lowest BCUT2D eigenvalue weighted by atomic mass is 9.96. The second kappa shape index (κ2) is 11.9. The number of benzene rings is 3. The van der Waals surface area contributed by atoms with Gasteiger partial charge in [0.1, 0.15) is 23.3 Å². The van der Waals surface area contributed by atoms with Crippen LogP contribution in [-0.4, -0.2) is 33.7 Å². The van der Waals surface area contributed by atoms with E-state index in [1.54, 1.807) is 38.3 Å². The van der Waals surface area contributed by atoms with Crippen LogP contribution >= 0.6 is 0 Å². The number of hydrogen-bond donors (Lipinski definition) is 1. The molecular formula is C28H34N2O5S. The van der Waals surface area contributed by atoms with Crippen molar-refractivity contribution in [3.05, 3.63) is 84.4 Å². The number of carbonyl (C=O) groups excluding carboxylic acids is 1. The van der Waals surface area contributed by atoms with Crippen LogP contribution in [-0.2, 0) is 14.8 Å². The molecule has 3 aromatic carbocycles. The minimum atomic E-state index is -3.75. The second-order valence-electron chi connectivity index (χ2n) is 9.11. The van der Waals surface area contributed by atoms with Crippen LogP contribution in [0.15, 0.2) is 78.9 Å². The summed E-state index contributed by atoms with van der Waals surface area (Å²) < 4.78 is 37.7. The maximum atomic E-state index is 13.3. The SMILES string of the molecule is COc1ccc(C(CC(C)C)NC(=O)C(C)N(c2ccc(Oc3ccccc3)cc2)S(C)(=O)=O)cc1. The van der Waals surface area contributed by atoms with Gasteiger partial charge in [0.25, 0.3) is 0 Å². The standard InChI is InChI=1S/C28H34N2O5S/c1-20(2)19-27(22-11-15-24(34-4)16-12-22)29-28(31)21(3)30(36(5,32)33)23-13-17-26(18-14-23)35-25-9-7-6-8-10-25/h6-18,20-21,27H,19H2,1-5H3,(H,29,31). The highest BCUT2D eigenvalue weighted by Crippen LogP contribution is 2.28. The average molecular weight is 511 g/mol. The van der Waals surface area contributed by atoms with Gasteiger partial charge in [-0.25, -0.2) is 8.42 Å². The minimum absolute atomic E-state index is 0.270. The molecule has 0 bridgehead atoms. The van der Waals surface area contributed by atoms with Gasteiger partial charge in [0.05, 0.1) is 25.1 Å². The Morgan fingerprint density at radius 1 is 0.861 bits per heavy atom. The van der Waals surface area contributed by atoms with Gasteiger partial charge in [0.2, 0.25) is 15.9 Å². The molecule has 0 saturated heterocycles. The fourth-order valence-corrected chi connectivity index (χ4v) is 5.15. The topological polar surface area (TPSA) is 84.9 Å². The predicted octanol–water partition coefficient (Wildman–Crippen LogP) is 5.55. The van der Waals surface area contributed by atoms with Crippen molar-refractivity contribution in [1.82, 2.24) is 5.32 Å². The summed E-state index contributed by atoms with van der Waals surface area (Å²) in [6, 6.07) is 22.2. The van der Waals surface area contributed by atoms with E-state index in [9.17, 15) is 13.2 Å². The summed E-state index contributed by atoms with van der Waals surface area (Å²) >= 11 is 0. The molecule has 192 valence electrons. The molecule has 8 heteroatoms. The van der Waals surface area contributed by atoms with Crippen molar-refractivity contribution in [3.8, 4) is 17.2 Å². The van der Waals surface area contributed by atoms with Crippen molar-refractivity contribution < 1.29 is 22.7 Å². The molecule has 0 radical (unpaired) electrons. The number of ether oxygens (including phenoxy) is 2. The lowest BCUT2D eigenvalue weighted by molar-refractivity contribution is -0.122. The Hall–Kier alpha value is -3.52. The van der Waals surface area contributed by atoms with Gasteiger partial charge in [0, 0.05) is 0 Å². The van der Waals surface area contributed by atoms with E-state index >= 15 is 0 Å². The van der Waals surface area contributed by atoms with Gasteiger partial charge in [0.15, 0.2) is 0 Å².